The predicted octanol–water partition coefficient (Wildman–Crippen LogP) is 2.39. The molecule has 6 heteroatoms. The zero-order chi connectivity index (χ0) is 16.4. The Morgan fingerprint density at radius 3 is 2.61 bits per heavy atom. The highest BCUT2D eigenvalue weighted by molar-refractivity contribution is 6.14. The summed E-state index contributed by atoms with van der Waals surface area (Å²) in [5.74, 6) is 0.324. The van der Waals surface area contributed by atoms with Crippen molar-refractivity contribution in [1.82, 2.24) is 5.32 Å². The molecule has 1 heterocycles. The van der Waals surface area contributed by atoms with Gasteiger partial charge in [0, 0.05) is 24.1 Å². The maximum absolute atomic E-state index is 12.1. The normalized spacial score (nSPS) is 16.8. The fourth-order valence-corrected chi connectivity index (χ4v) is 2.59. The Hall–Kier alpha value is -3.02. The van der Waals surface area contributed by atoms with Crippen LogP contribution in [0, 0.1) is 17.0 Å². The van der Waals surface area contributed by atoms with Crippen LogP contribution in [0.15, 0.2) is 53.5 Å². The second-order valence-corrected chi connectivity index (χ2v) is 5.43. The molecule has 1 N–H and O–H groups in total. The molecule has 1 amide bonds. The maximum atomic E-state index is 12.1. The third-order valence-electron chi connectivity index (χ3n) is 3.78. The number of benzene rings is 2. The molecule has 1 aliphatic rings. The van der Waals surface area contributed by atoms with E-state index in [4.69, 9.17) is 0 Å². The van der Waals surface area contributed by atoms with Crippen LogP contribution in [0.1, 0.15) is 16.7 Å². The van der Waals surface area contributed by atoms with Gasteiger partial charge in [0.1, 0.15) is 11.9 Å². The summed E-state index contributed by atoms with van der Waals surface area (Å²) in [6.07, 6.45) is 0.530. The number of aryl methyl sites for hydroxylation is 1. The first-order valence-electron chi connectivity index (χ1n) is 7.22. The van der Waals surface area contributed by atoms with E-state index in [9.17, 15) is 14.9 Å². The zero-order valence-corrected chi connectivity index (χ0v) is 12.5. The van der Waals surface area contributed by atoms with Crippen molar-refractivity contribution in [3.8, 4) is 0 Å². The highest BCUT2D eigenvalue weighted by Crippen LogP contribution is 2.20. The number of nitro benzene ring substituents is 1. The summed E-state index contributed by atoms with van der Waals surface area (Å²) in [5, 5.41) is 13.6. The van der Waals surface area contributed by atoms with Crippen molar-refractivity contribution in [3.63, 3.8) is 0 Å². The first-order valence-corrected chi connectivity index (χ1v) is 7.22. The number of rotatable bonds is 4. The van der Waals surface area contributed by atoms with Crippen LogP contribution in [-0.2, 0) is 11.2 Å². The summed E-state index contributed by atoms with van der Waals surface area (Å²) in [4.78, 5) is 26.9. The Kier molecular flexibility index (Phi) is 3.89. The van der Waals surface area contributed by atoms with Gasteiger partial charge >= 0.3 is 0 Å². The quantitative estimate of drug-likeness (QED) is 0.695. The first kappa shape index (κ1) is 14.9. The van der Waals surface area contributed by atoms with Crippen LogP contribution in [0.5, 0.6) is 0 Å². The molecule has 0 saturated heterocycles. The largest absolute Gasteiger partial charge is 0.309 e. The molecule has 116 valence electrons. The van der Waals surface area contributed by atoms with E-state index < -0.39 is 11.0 Å². The molecular weight excluding hydrogens is 294 g/mol. The van der Waals surface area contributed by atoms with Gasteiger partial charge in [-0.15, -0.1) is 0 Å². The number of hydrogen-bond acceptors (Lipinski definition) is 4. The number of nitrogens with one attached hydrogen (secondary N) is 1. The summed E-state index contributed by atoms with van der Waals surface area (Å²) < 4.78 is 0. The zero-order valence-electron chi connectivity index (χ0n) is 12.5. The van der Waals surface area contributed by atoms with Gasteiger partial charge in [-0.25, -0.2) is 0 Å². The van der Waals surface area contributed by atoms with E-state index in [1.165, 1.54) is 12.1 Å². The summed E-state index contributed by atoms with van der Waals surface area (Å²) >= 11 is 0. The van der Waals surface area contributed by atoms with Crippen molar-refractivity contribution in [3.05, 3.63) is 75.3 Å². The smallest absolute Gasteiger partial charge is 0.269 e. The van der Waals surface area contributed by atoms with Crippen LogP contribution in [0.4, 0.5) is 5.69 Å². The molecule has 0 bridgehead atoms. The topological polar surface area (TPSA) is 84.6 Å². The molecule has 2 aromatic carbocycles. The molecule has 1 atom stereocenters. The van der Waals surface area contributed by atoms with Crippen LogP contribution in [0.3, 0.4) is 0 Å². The molecule has 0 aliphatic carbocycles. The van der Waals surface area contributed by atoms with Gasteiger partial charge in [0.15, 0.2) is 0 Å². The second-order valence-electron chi connectivity index (χ2n) is 5.43. The van der Waals surface area contributed by atoms with E-state index in [-0.39, 0.29) is 11.6 Å². The molecule has 1 unspecified atom stereocenters. The molecule has 6 nitrogen and oxygen atoms in total. The van der Waals surface area contributed by atoms with E-state index in [1.807, 2.05) is 30.3 Å². The van der Waals surface area contributed by atoms with Gasteiger partial charge in [-0.2, -0.15) is 0 Å². The number of aliphatic imine (C=N–C) groups is 1. The van der Waals surface area contributed by atoms with Crippen molar-refractivity contribution in [1.29, 1.82) is 0 Å². The SMILES string of the molecule is Cc1cc([N+](=O)[O-])ccc1C1=NC(Cc2ccccc2)C(=O)N1. The average molecular weight is 309 g/mol. The number of carbonyl (C=O) groups is 1. The number of nitro groups is 1. The van der Waals surface area contributed by atoms with Crippen LogP contribution in [0.25, 0.3) is 0 Å². The highest BCUT2D eigenvalue weighted by Gasteiger charge is 2.28. The average Bonchev–Trinajstić information content (AvgIpc) is 2.89. The number of nitrogens with zero attached hydrogens (tertiary/aromatic N) is 2. The summed E-state index contributed by atoms with van der Waals surface area (Å²) in [6, 6.07) is 13.7. The molecule has 1 aliphatic heterocycles. The summed E-state index contributed by atoms with van der Waals surface area (Å²) in [5.41, 5.74) is 2.48. The Labute approximate surface area is 133 Å². The third-order valence-corrected chi connectivity index (χ3v) is 3.78. The van der Waals surface area contributed by atoms with Gasteiger partial charge in [-0.1, -0.05) is 30.3 Å². The van der Waals surface area contributed by atoms with Crippen LogP contribution < -0.4 is 5.32 Å². The first-order chi connectivity index (χ1) is 11.0. The van der Waals surface area contributed by atoms with Crippen LogP contribution in [-0.4, -0.2) is 22.7 Å². The molecule has 0 fully saturated rings. The van der Waals surface area contributed by atoms with E-state index in [1.54, 1.807) is 13.0 Å². The van der Waals surface area contributed by atoms with Crippen molar-refractivity contribution >= 4 is 17.4 Å². The third kappa shape index (κ3) is 3.11. The Balaban J connectivity index is 1.85. The minimum absolute atomic E-state index is 0.0250. The van der Waals surface area contributed by atoms with Crippen molar-refractivity contribution < 1.29 is 9.72 Å². The minimum atomic E-state index is -0.470. The number of amidine groups is 1. The molecule has 23 heavy (non-hydrogen) atoms. The van der Waals surface area contributed by atoms with Crippen LogP contribution >= 0.6 is 0 Å². The second kappa shape index (κ2) is 6.00. The molecular formula is C17H15N3O3. The number of amides is 1. The number of non-ortho nitro benzene ring substituents is 1. The van der Waals surface area contributed by atoms with E-state index in [2.05, 4.69) is 10.3 Å². The summed E-state index contributed by atoms with van der Waals surface area (Å²) in [6.45, 7) is 1.77. The molecule has 0 aromatic heterocycles. The van der Waals surface area contributed by atoms with E-state index in [0.717, 1.165) is 5.56 Å². The van der Waals surface area contributed by atoms with Gasteiger partial charge in [0.05, 0.1) is 4.92 Å². The number of carbonyl (C=O) groups excluding carboxylic acids is 1. The van der Waals surface area contributed by atoms with Crippen LogP contribution in [0.2, 0.25) is 0 Å². The minimum Gasteiger partial charge on any atom is -0.309 e. The lowest BCUT2D eigenvalue weighted by Gasteiger charge is -2.04. The van der Waals surface area contributed by atoms with Gasteiger partial charge in [0.2, 0.25) is 0 Å². The molecule has 0 radical (unpaired) electrons. The Bertz CT molecular complexity index is 800. The highest BCUT2D eigenvalue weighted by atomic mass is 16.6. The monoisotopic (exact) mass is 309 g/mol. The Morgan fingerprint density at radius 2 is 1.96 bits per heavy atom. The van der Waals surface area contributed by atoms with Gasteiger partial charge < -0.3 is 5.32 Å². The standard InChI is InChI=1S/C17H15N3O3/c1-11-9-13(20(22)23)7-8-14(11)16-18-15(17(21)19-16)10-12-5-3-2-4-6-12/h2-9,15H,10H2,1H3,(H,18,19,21). The molecule has 2 aromatic rings. The maximum Gasteiger partial charge on any atom is 0.269 e. The lowest BCUT2D eigenvalue weighted by atomic mass is 10.1. The van der Waals surface area contributed by atoms with Crippen molar-refractivity contribution in [2.75, 3.05) is 0 Å². The fraction of sp³-hybridized carbons (Fsp3) is 0.176. The predicted molar refractivity (Wildman–Crippen MR) is 86.4 cm³/mol. The molecule has 0 spiro atoms. The lowest BCUT2D eigenvalue weighted by Crippen LogP contribution is -2.30. The van der Waals surface area contributed by atoms with Gasteiger partial charge in [0.25, 0.3) is 11.6 Å². The van der Waals surface area contributed by atoms with E-state index in [0.29, 0.717) is 23.4 Å². The van der Waals surface area contributed by atoms with E-state index >= 15 is 0 Å². The lowest BCUT2D eigenvalue weighted by molar-refractivity contribution is -0.384. The van der Waals surface area contributed by atoms with Gasteiger partial charge in [-0.05, 0) is 24.1 Å². The molecule has 0 saturated carbocycles. The fourth-order valence-electron chi connectivity index (χ4n) is 2.59. The Morgan fingerprint density at radius 1 is 1.22 bits per heavy atom. The number of hydrogen-bond donors (Lipinski definition) is 1. The summed E-state index contributed by atoms with van der Waals surface area (Å²) in [7, 11) is 0. The van der Waals surface area contributed by atoms with Crippen molar-refractivity contribution in [2.24, 2.45) is 4.99 Å². The van der Waals surface area contributed by atoms with Crippen molar-refractivity contribution in [2.45, 2.75) is 19.4 Å². The molecule has 3 rings (SSSR count). The van der Waals surface area contributed by atoms with Gasteiger partial charge in [-0.3, -0.25) is 19.9 Å².